The lowest BCUT2D eigenvalue weighted by molar-refractivity contribution is 0.179. The minimum absolute atomic E-state index is 0.121. The van der Waals surface area contributed by atoms with E-state index in [0.29, 0.717) is 6.04 Å². The van der Waals surface area contributed by atoms with Crippen LogP contribution < -0.4 is 0 Å². The maximum atomic E-state index is 6.14. The molecule has 13 heavy (non-hydrogen) atoms. The Morgan fingerprint density at radius 2 is 2.38 bits per heavy atom. The van der Waals surface area contributed by atoms with Gasteiger partial charge in [0, 0.05) is 14.1 Å². The predicted octanol–water partition coefficient (Wildman–Crippen LogP) is 0.812. The predicted molar refractivity (Wildman–Crippen MR) is 53.1 cm³/mol. The summed E-state index contributed by atoms with van der Waals surface area (Å²) in [4.78, 5) is 6.18. The summed E-state index contributed by atoms with van der Waals surface area (Å²) >= 11 is 0. The third-order valence-corrected chi connectivity index (χ3v) is 3.20. The highest BCUT2D eigenvalue weighted by Crippen LogP contribution is 2.48. The molecule has 1 saturated carbocycles. The van der Waals surface area contributed by atoms with Gasteiger partial charge in [0.1, 0.15) is 6.10 Å². The van der Waals surface area contributed by atoms with Gasteiger partial charge in [-0.25, -0.2) is 4.99 Å². The molecular formula is C9H15BN2O. The minimum Gasteiger partial charge on any atom is -0.460 e. The molecule has 0 amide bonds. The van der Waals surface area contributed by atoms with E-state index in [1.165, 1.54) is 0 Å². The molecule has 1 heterocycles. The van der Waals surface area contributed by atoms with Crippen LogP contribution in [-0.4, -0.2) is 45.0 Å². The number of amidine groups is 1. The van der Waals surface area contributed by atoms with Crippen molar-refractivity contribution in [3.63, 3.8) is 0 Å². The number of hydrogen-bond donors (Lipinski definition) is 0. The summed E-state index contributed by atoms with van der Waals surface area (Å²) in [5.74, 6) is 0. The van der Waals surface area contributed by atoms with Crippen LogP contribution in [0.25, 0.3) is 0 Å². The van der Waals surface area contributed by atoms with Crippen LogP contribution in [0.5, 0.6) is 0 Å². The zero-order chi connectivity index (χ0) is 9.64. The van der Waals surface area contributed by atoms with E-state index in [4.69, 9.17) is 12.6 Å². The van der Waals surface area contributed by atoms with Gasteiger partial charge in [0.05, 0.1) is 13.9 Å². The fraction of sp³-hybridized carbons (Fsp3) is 0.889. The number of ether oxygens (including phenoxy) is 1. The molecule has 0 aromatic heterocycles. The van der Waals surface area contributed by atoms with Crippen molar-refractivity contribution in [1.29, 1.82) is 0 Å². The lowest BCUT2D eigenvalue weighted by atomic mass is 9.67. The number of hydrogen-bond acceptors (Lipinski definition) is 2. The van der Waals surface area contributed by atoms with Gasteiger partial charge in [-0.15, -0.1) is 0 Å². The summed E-state index contributed by atoms with van der Waals surface area (Å²) in [5, 5.41) is -0.189. The number of fused-ring (bicyclic) bond motifs is 1. The van der Waals surface area contributed by atoms with Gasteiger partial charge in [0.15, 0.2) is 0 Å². The van der Waals surface area contributed by atoms with Crippen LogP contribution in [0.4, 0.5) is 0 Å². The van der Waals surface area contributed by atoms with Gasteiger partial charge < -0.3 is 9.64 Å². The van der Waals surface area contributed by atoms with Crippen LogP contribution in [0.2, 0.25) is 5.31 Å². The Morgan fingerprint density at radius 3 is 2.92 bits per heavy atom. The smallest absolute Gasteiger partial charge is 0.287 e. The van der Waals surface area contributed by atoms with Crippen LogP contribution in [0.3, 0.4) is 0 Å². The van der Waals surface area contributed by atoms with E-state index < -0.39 is 0 Å². The van der Waals surface area contributed by atoms with Gasteiger partial charge in [-0.1, -0.05) is 13.3 Å². The highest BCUT2D eigenvalue weighted by Gasteiger charge is 2.50. The summed E-state index contributed by atoms with van der Waals surface area (Å²) in [7, 11) is 9.91. The van der Waals surface area contributed by atoms with Crippen LogP contribution in [0, 0.1) is 0 Å². The van der Waals surface area contributed by atoms with E-state index >= 15 is 0 Å². The molecule has 0 aromatic carbocycles. The summed E-state index contributed by atoms with van der Waals surface area (Å²) in [6.07, 6.45) is 2.26. The first kappa shape index (κ1) is 8.91. The molecular weight excluding hydrogens is 163 g/mol. The van der Waals surface area contributed by atoms with Crippen molar-refractivity contribution in [1.82, 2.24) is 4.90 Å². The summed E-state index contributed by atoms with van der Waals surface area (Å²) in [6.45, 7) is 2.06. The maximum absolute atomic E-state index is 6.14. The summed E-state index contributed by atoms with van der Waals surface area (Å²) in [6, 6.07) is 1.15. The van der Waals surface area contributed by atoms with Gasteiger partial charge in [-0.3, -0.25) is 0 Å². The second-order valence-corrected chi connectivity index (χ2v) is 4.27. The van der Waals surface area contributed by atoms with Crippen molar-refractivity contribution in [2.24, 2.45) is 4.99 Å². The average Bonchev–Trinajstić information content (AvgIpc) is 2.53. The van der Waals surface area contributed by atoms with Crippen LogP contribution in [0.1, 0.15) is 19.8 Å². The van der Waals surface area contributed by atoms with Crippen molar-refractivity contribution in [2.75, 3.05) is 14.1 Å². The molecule has 2 rings (SSSR count). The maximum Gasteiger partial charge on any atom is 0.287 e. The first-order valence-electron chi connectivity index (χ1n) is 4.71. The molecule has 3 nitrogen and oxygen atoms in total. The topological polar surface area (TPSA) is 24.8 Å². The zero-order valence-corrected chi connectivity index (χ0v) is 8.45. The van der Waals surface area contributed by atoms with Gasteiger partial charge >= 0.3 is 0 Å². The SMILES string of the molecule is [B]C1(C)CCC2C1OC(=NC)N2C. The van der Waals surface area contributed by atoms with Crippen molar-refractivity contribution >= 4 is 13.9 Å². The minimum atomic E-state index is -0.189. The van der Waals surface area contributed by atoms with Crippen molar-refractivity contribution in [3.05, 3.63) is 0 Å². The molecule has 2 aliphatic rings. The van der Waals surface area contributed by atoms with E-state index in [0.717, 1.165) is 18.9 Å². The molecule has 0 bridgehead atoms. The molecule has 1 saturated heterocycles. The summed E-state index contributed by atoms with van der Waals surface area (Å²) < 4.78 is 5.71. The van der Waals surface area contributed by atoms with E-state index in [9.17, 15) is 0 Å². The molecule has 0 aromatic rings. The number of rotatable bonds is 0. The Balaban J connectivity index is 2.24. The molecule has 4 heteroatoms. The monoisotopic (exact) mass is 178 g/mol. The Bertz CT molecular complexity index is 252. The third kappa shape index (κ3) is 1.15. The molecule has 3 unspecified atom stereocenters. The quantitative estimate of drug-likeness (QED) is 0.513. The normalized spacial score (nSPS) is 46.7. The first-order chi connectivity index (χ1) is 6.06. The number of nitrogens with zero attached hydrogens (tertiary/aromatic N) is 2. The second-order valence-electron chi connectivity index (χ2n) is 4.27. The lowest BCUT2D eigenvalue weighted by Crippen LogP contribution is -2.32. The molecule has 3 atom stereocenters. The molecule has 1 aliphatic heterocycles. The van der Waals surface area contributed by atoms with Crippen LogP contribution >= 0.6 is 0 Å². The van der Waals surface area contributed by atoms with Crippen molar-refractivity contribution in [2.45, 2.75) is 37.2 Å². The zero-order valence-electron chi connectivity index (χ0n) is 8.45. The highest BCUT2D eigenvalue weighted by molar-refractivity contribution is 6.16. The number of likely N-dealkylation sites (N-methyl/N-ethyl adjacent to an activating group) is 1. The van der Waals surface area contributed by atoms with E-state index in [1.807, 2.05) is 7.05 Å². The van der Waals surface area contributed by atoms with Gasteiger partial charge in [0.2, 0.25) is 0 Å². The third-order valence-electron chi connectivity index (χ3n) is 3.20. The first-order valence-corrected chi connectivity index (χ1v) is 4.71. The largest absolute Gasteiger partial charge is 0.460 e. The van der Waals surface area contributed by atoms with E-state index in [1.54, 1.807) is 7.05 Å². The van der Waals surface area contributed by atoms with Gasteiger partial charge in [-0.05, 0) is 11.7 Å². The Labute approximate surface area is 80.6 Å². The lowest BCUT2D eigenvalue weighted by Gasteiger charge is -2.24. The Hall–Kier alpha value is -0.665. The fourth-order valence-corrected chi connectivity index (χ4v) is 2.35. The Kier molecular flexibility index (Phi) is 1.82. The molecule has 2 fully saturated rings. The standard InChI is InChI=1S/C9H15BN2O/c1-9(10)5-4-6-7(9)13-8(11-2)12(6)3/h6-7H,4-5H2,1-3H3. The average molecular weight is 178 g/mol. The number of aliphatic imine (C=N–C) groups is 1. The fourth-order valence-electron chi connectivity index (χ4n) is 2.35. The van der Waals surface area contributed by atoms with Gasteiger partial charge in [-0.2, -0.15) is 0 Å². The summed E-state index contributed by atoms with van der Waals surface area (Å²) in [5.41, 5.74) is 0. The molecule has 1 aliphatic carbocycles. The van der Waals surface area contributed by atoms with Crippen LogP contribution in [-0.2, 0) is 4.74 Å². The second kappa shape index (κ2) is 2.66. The molecule has 0 N–H and O–H groups in total. The van der Waals surface area contributed by atoms with Crippen molar-refractivity contribution in [3.8, 4) is 0 Å². The van der Waals surface area contributed by atoms with Crippen LogP contribution in [0.15, 0.2) is 4.99 Å². The van der Waals surface area contributed by atoms with Crippen molar-refractivity contribution < 1.29 is 4.74 Å². The Morgan fingerprint density at radius 1 is 1.69 bits per heavy atom. The molecule has 0 spiro atoms. The molecule has 70 valence electrons. The molecule has 2 radical (unpaired) electrons. The highest BCUT2D eigenvalue weighted by atomic mass is 16.5. The van der Waals surface area contributed by atoms with E-state index in [2.05, 4.69) is 16.8 Å². The van der Waals surface area contributed by atoms with E-state index in [-0.39, 0.29) is 11.4 Å². The van der Waals surface area contributed by atoms with Gasteiger partial charge in [0.25, 0.3) is 6.02 Å².